The van der Waals surface area contributed by atoms with Crippen molar-refractivity contribution in [3.05, 3.63) is 80.8 Å². The topological polar surface area (TPSA) is 81.8 Å². The smallest absolute Gasteiger partial charge is 0.363 e. The van der Waals surface area contributed by atoms with E-state index in [2.05, 4.69) is 4.99 Å². The predicted molar refractivity (Wildman–Crippen MR) is 84.8 cm³/mol. The number of benzene rings is 2. The number of rotatable bonds is 3. The fourth-order valence-electron chi connectivity index (χ4n) is 2.24. The Kier molecular flexibility index (Phi) is 3.91. The van der Waals surface area contributed by atoms with E-state index in [0.29, 0.717) is 0 Å². The SMILES string of the molecule is Cc1ccc([N+](=O)[O-])c(C2=N/C(=C/c3ccccc3F)C(=O)O2)c1. The Hall–Kier alpha value is -3.35. The number of hydrogen-bond acceptors (Lipinski definition) is 5. The molecule has 1 aliphatic heterocycles. The maximum atomic E-state index is 13.7. The minimum atomic E-state index is -0.788. The molecule has 2 aromatic rings. The summed E-state index contributed by atoms with van der Waals surface area (Å²) in [6, 6.07) is 10.3. The van der Waals surface area contributed by atoms with Gasteiger partial charge in [-0.25, -0.2) is 14.2 Å². The Morgan fingerprint density at radius 3 is 2.71 bits per heavy atom. The molecule has 0 amide bonds. The van der Waals surface area contributed by atoms with Crippen molar-refractivity contribution in [2.24, 2.45) is 4.99 Å². The van der Waals surface area contributed by atoms with Crippen LogP contribution in [0.1, 0.15) is 16.7 Å². The molecule has 0 radical (unpaired) electrons. The molecule has 0 N–H and O–H groups in total. The van der Waals surface area contributed by atoms with Gasteiger partial charge in [-0.1, -0.05) is 24.3 Å². The fourth-order valence-corrected chi connectivity index (χ4v) is 2.24. The second kappa shape index (κ2) is 6.04. The molecule has 1 heterocycles. The highest BCUT2D eigenvalue weighted by Crippen LogP contribution is 2.26. The normalized spacial score (nSPS) is 15.3. The van der Waals surface area contributed by atoms with Gasteiger partial charge >= 0.3 is 5.97 Å². The van der Waals surface area contributed by atoms with Gasteiger partial charge in [-0.2, -0.15) is 0 Å². The Morgan fingerprint density at radius 2 is 2.00 bits per heavy atom. The van der Waals surface area contributed by atoms with Gasteiger partial charge < -0.3 is 4.74 Å². The van der Waals surface area contributed by atoms with Crippen LogP contribution in [0.25, 0.3) is 6.08 Å². The lowest BCUT2D eigenvalue weighted by Crippen LogP contribution is -2.08. The van der Waals surface area contributed by atoms with Gasteiger partial charge in [0.05, 0.1) is 4.92 Å². The van der Waals surface area contributed by atoms with Gasteiger partial charge in [-0.15, -0.1) is 0 Å². The van der Waals surface area contributed by atoms with Crippen LogP contribution in [0.4, 0.5) is 10.1 Å². The number of aryl methyl sites for hydroxylation is 1. The van der Waals surface area contributed by atoms with Crippen molar-refractivity contribution in [3.63, 3.8) is 0 Å². The van der Waals surface area contributed by atoms with Crippen molar-refractivity contribution < 1.29 is 18.8 Å². The lowest BCUT2D eigenvalue weighted by molar-refractivity contribution is -0.385. The summed E-state index contributed by atoms with van der Waals surface area (Å²) in [5, 5.41) is 11.1. The van der Waals surface area contributed by atoms with Crippen LogP contribution >= 0.6 is 0 Å². The van der Waals surface area contributed by atoms with E-state index in [0.717, 1.165) is 5.56 Å². The molecule has 6 nitrogen and oxygen atoms in total. The second-order valence-electron chi connectivity index (χ2n) is 5.14. The molecule has 7 heteroatoms. The lowest BCUT2D eigenvalue weighted by atomic mass is 10.1. The number of aliphatic imine (C=N–C) groups is 1. The average molecular weight is 326 g/mol. The maximum Gasteiger partial charge on any atom is 0.363 e. The van der Waals surface area contributed by atoms with Crippen LogP contribution in [-0.2, 0) is 9.53 Å². The molecule has 0 bridgehead atoms. The van der Waals surface area contributed by atoms with Gasteiger partial charge in [-0.3, -0.25) is 10.1 Å². The highest BCUT2D eigenvalue weighted by atomic mass is 19.1. The third-order valence-electron chi connectivity index (χ3n) is 3.40. The monoisotopic (exact) mass is 326 g/mol. The van der Waals surface area contributed by atoms with Crippen LogP contribution in [0.2, 0.25) is 0 Å². The summed E-state index contributed by atoms with van der Waals surface area (Å²) in [4.78, 5) is 26.5. The third-order valence-corrected chi connectivity index (χ3v) is 3.40. The Bertz CT molecular complexity index is 919. The van der Waals surface area contributed by atoms with Crippen molar-refractivity contribution in [1.29, 1.82) is 0 Å². The van der Waals surface area contributed by atoms with Gasteiger partial charge in [0.1, 0.15) is 11.4 Å². The first-order chi connectivity index (χ1) is 11.5. The lowest BCUT2D eigenvalue weighted by Gasteiger charge is -2.02. The summed E-state index contributed by atoms with van der Waals surface area (Å²) >= 11 is 0. The molecule has 0 unspecified atom stereocenters. The van der Waals surface area contributed by atoms with Crippen LogP contribution in [0, 0.1) is 22.9 Å². The summed E-state index contributed by atoms with van der Waals surface area (Å²) in [6.45, 7) is 1.75. The van der Waals surface area contributed by atoms with E-state index < -0.39 is 16.7 Å². The molecule has 0 atom stereocenters. The van der Waals surface area contributed by atoms with Crippen LogP contribution in [0.3, 0.4) is 0 Å². The molecule has 24 heavy (non-hydrogen) atoms. The Labute approximate surface area is 136 Å². The van der Waals surface area contributed by atoms with E-state index in [1.165, 1.54) is 36.4 Å². The molecular formula is C17H11FN2O4. The number of nitrogens with zero attached hydrogens (tertiary/aromatic N) is 2. The number of nitro groups is 1. The first-order valence-electron chi connectivity index (χ1n) is 6.98. The van der Waals surface area contributed by atoms with Gasteiger partial charge in [0, 0.05) is 11.6 Å². The van der Waals surface area contributed by atoms with Crippen LogP contribution in [0.5, 0.6) is 0 Å². The van der Waals surface area contributed by atoms with Crippen molar-refractivity contribution in [2.75, 3.05) is 0 Å². The first-order valence-corrected chi connectivity index (χ1v) is 6.98. The molecule has 0 saturated heterocycles. The van der Waals surface area contributed by atoms with Crippen molar-refractivity contribution in [2.45, 2.75) is 6.92 Å². The molecule has 120 valence electrons. The number of halogens is 1. The maximum absolute atomic E-state index is 13.7. The number of carbonyl (C=O) groups is 1. The summed E-state index contributed by atoms with van der Waals surface area (Å²) in [5.41, 5.74) is 0.685. The minimum absolute atomic E-state index is 0.102. The van der Waals surface area contributed by atoms with E-state index >= 15 is 0 Å². The summed E-state index contributed by atoms with van der Waals surface area (Å²) in [7, 11) is 0. The molecule has 0 saturated carbocycles. The van der Waals surface area contributed by atoms with E-state index in [1.54, 1.807) is 19.1 Å². The number of ether oxygens (including phenoxy) is 1. The van der Waals surface area contributed by atoms with E-state index in [-0.39, 0.29) is 28.4 Å². The Balaban J connectivity index is 2.06. The molecule has 0 spiro atoms. The van der Waals surface area contributed by atoms with Gasteiger partial charge in [0.2, 0.25) is 5.90 Å². The molecule has 1 aliphatic rings. The van der Waals surface area contributed by atoms with Crippen LogP contribution in [-0.4, -0.2) is 16.8 Å². The van der Waals surface area contributed by atoms with Gasteiger partial charge in [-0.05, 0) is 30.7 Å². The number of carbonyl (C=O) groups excluding carboxylic acids is 1. The summed E-state index contributed by atoms with van der Waals surface area (Å²) in [5.74, 6) is -1.47. The summed E-state index contributed by atoms with van der Waals surface area (Å²) in [6.07, 6.45) is 1.24. The quantitative estimate of drug-likeness (QED) is 0.375. The molecule has 3 rings (SSSR count). The standard InChI is InChI=1S/C17H11FN2O4/c1-10-6-7-15(20(22)23)12(8-10)16-19-14(17(21)24-16)9-11-4-2-3-5-13(11)18/h2-9H,1H3/b14-9+. The molecule has 0 aromatic heterocycles. The van der Waals surface area contributed by atoms with Gasteiger partial charge in [0.15, 0.2) is 5.70 Å². The highest BCUT2D eigenvalue weighted by molar-refractivity contribution is 6.14. The third kappa shape index (κ3) is 2.91. The predicted octanol–water partition coefficient (Wildman–Crippen LogP) is 3.39. The van der Waals surface area contributed by atoms with E-state index in [9.17, 15) is 19.3 Å². The van der Waals surface area contributed by atoms with Crippen molar-refractivity contribution in [3.8, 4) is 0 Å². The van der Waals surface area contributed by atoms with E-state index in [1.807, 2.05) is 0 Å². The number of esters is 1. The second-order valence-corrected chi connectivity index (χ2v) is 5.14. The zero-order valence-electron chi connectivity index (χ0n) is 12.5. The van der Waals surface area contributed by atoms with Crippen molar-refractivity contribution in [1.82, 2.24) is 0 Å². The van der Waals surface area contributed by atoms with Crippen molar-refractivity contribution >= 4 is 23.6 Å². The first kappa shape index (κ1) is 15.5. The highest BCUT2D eigenvalue weighted by Gasteiger charge is 2.29. The molecular weight excluding hydrogens is 315 g/mol. The fraction of sp³-hybridized carbons (Fsp3) is 0.0588. The average Bonchev–Trinajstić information content (AvgIpc) is 2.90. The number of cyclic esters (lactones) is 1. The number of nitro benzene ring substituents is 1. The van der Waals surface area contributed by atoms with Gasteiger partial charge in [0.25, 0.3) is 5.69 Å². The number of hydrogen-bond donors (Lipinski definition) is 0. The molecule has 0 fully saturated rings. The zero-order valence-corrected chi connectivity index (χ0v) is 12.5. The zero-order chi connectivity index (χ0) is 17.3. The minimum Gasteiger partial charge on any atom is -0.402 e. The van der Waals surface area contributed by atoms with Crippen LogP contribution < -0.4 is 0 Å². The molecule has 0 aliphatic carbocycles. The largest absolute Gasteiger partial charge is 0.402 e. The summed E-state index contributed by atoms with van der Waals surface area (Å²) < 4.78 is 18.7. The Morgan fingerprint density at radius 1 is 1.25 bits per heavy atom. The van der Waals surface area contributed by atoms with E-state index in [4.69, 9.17) is 4.74 Å². The van der Waals surface area contributed by atoms with Crippen LogP contribution in [0.15, 0.2) is 53.2 Å². The molecule has 2 aromatic carbocycles.